The number of carbonyl (C=O) groups excluding carboxylic acids is 1. The van der Waals surface area contributed by atoms with Gasteiger partial charge in [0, 0.05) is 38.0 Å². The molecule has 2 aliphatic carbocycles. The van der Waals surface area contributed by atoms with Crippen molar-refractivity contribution >= 4 is 22.6 Å². The van der Waals surface area contributed by atoms with E-state index in [1.807, 2.05) is 4.90 Å². The molecular weight excluding hydrogens is 574 g/mol. The third-order valence-corrected chi connectivity index (χ3v) is 10.7. The first-order valence-electron chi connectivity index (χ1n) is 16.0. The number of nitrogens with zero attached hydrogens (tertiary/aromatic N) is 6. The smallest absolute Gasteiger partial charge is 0.319 e. The lowest BCUT2D eigenvalue weighted by atomic mass is 9.94. The van der Waals surface area contributed by atoms with Crippen molar-refractivity contribution in [3.63, 3.8) is 0 Å². The van der Waals surface area contributed by atoms with Crippen LogP contribution in [0.25, 0.3) is 26.9 Å². The van der Waals surface area contributed by atoms with Gasteiger partial charge in [-0.25, -0.2) is 15.4 Å². The van der Waals surface area contributed by atoms with E-state index in [9.17, 15) is 13.6 Å². The summed E-state index contributed by atoms with van der Waals surface area (Å²) >= 11 is 0. The predicted molar refractivity (Wildman–Crippen MR) is 168 cm³/mol. The Hall–Kier alpha value is -4.10. The maximum absolute atomic E-state index is 14.5. The average Bonchev–Trinajstić information content (AvgIpc) is 3.36. The molecule has 3 aliphatic heterocycles. The number of rotatable bonds is 7. The van der Waals surface area contributed by atoms with Gasteiger partial charge in [-0.15, -0.1) is 0 Å². The molecule has 8 nitrogen and oxygen atoms in total. The molecular formula is C35H36F2N6O2. The molecule has 0 N–H and O–H groups in total. The number of anilines is 1. The van der Waals surface area contributed by atoms with Crippen LogP contribution in [-0.4, -0.2) is 89.3 Å². The molecule has 1 aromatic heterocycles. The molecule has 0 spiro atoms. The number of alkyl halides is 1. The van der Waals surface area contributed by atoms with Gasteiger partial charge in [0.25, 0.3) is 5.91 Å². The van der Waals surface area contributed by atoms with E-state index < -0.39 is 23.9 Å². The van der Waals surface area contributed by atoms with Crippen molar-refractivity contribution in [1.29, 1.82) is 0 Å². The maximum Gasteiger partial charge on any atom is 0.319 e. The van der Waals surface area contributed by atoms with Crippen LogP contribution in [0.1, 0.15) is 42.7 Å². The molecule has 1 saturated carbocycles. The minimum absolute atomic E-state index is 0.0378. The number of aromatic nitrogens is 2. The van der Waals surface area contributed by atoms with Gasteiger partial charge in [0.1, 0.15) is 24.6 Å². The molecule has 0 radical (unpaired) electrons. The third-order valence-electron chi connectivity index (χ3n) is 10.7. The number of hydrogen-bond donors (Lipinski definition) is 0. The van der Waals surface area contributed by atoms with Crippen molar-refractivity contribution in [2.24, 2.45) is 5.92 Å². The van der Waals surface area contributed by atoms with Crippen molar-refractivity contribution in [2.45, 2.75) is 55.8 Å². The predicted octanol–water partition coefficient (Wildman–Crippen LogP) is 5.33. The summed E-state index contributed by atoms with van der Waals surface area (Å²) < 4.78 is 34.7. The first kappa shape index (κ1) is 28.4. The molecule has 232 valence electrons. The molecule has 5 aliphatic rings. The van der Waals surface area contributed by atoms with E-state index in [-0.39, 0.29) is 24.6 Å². The topological polar surface area (TPSA) is 66.2 Å². The molecule has 1 amide bonds. The molecule has 2 aromatic carbocycles. The summed E-state index contributed by atoms with van der Waals surface area (Å²) in [6.45, 7) is 13.3. The van der Waals surface area contributed by atoms with E-state index in [2.05, 4.69) is 52.7 Å². The Morgan fingerprint density at radius 2 is 2.07 bits per heavy atom. The van der Waals surface area contributed by atoms with Crippen LogP contribution < -0.4 is 9.64 Å². The SMILES string of the molecule is [C-]#[N+]C[C@H]1CN(c2nc(OCC34CCCN3C[C@H](F)C4)nc3cc(-c4cccc5c4[C@@H]4C[C@@H]4C5)ccc23)CCN1C(=O)C(=C)F. The minimum Gasteiger partial charge on any atom is -0.461 e. The summed E-state index contributed by atoms with van der Waals surface area (Å²) in [5.74, 6) is 0.263. The zero-order valence-electron chi connectivity index (χ0n) is 25.2. The van der Waals surface area contributed by atoms with Crippen molar-refractivity contribution in [3.05, 3.63) is 71.3 Å². The minimum atomic E-state index is -1.03. The van der Waals surface area contributed by atoms with Crippen LogP contribution in [0.4, 0.5) is 14.6 Å². The highest BCUT2D eigenvalue weighted by Crippen LogP contribution is 2.58. The number of ether oxygens (including phenoxy) is 1. The van der Waals surface area contributed by atoms with Gasteiger partial charge in [-0.05, 0) is 78.5 Å². The normalized spacial score (nSPS) is 28.5. The molecule has 5 atom stereocenters. The Morgan fingerprint density at radius 1 is 1.18 bits per heavy atom. The van der Waals surface area contributed by atoms with E-state index >= 15 is 0 Å². The van der Waals surface area contributed by atoms with Gasteiger partial charge in [0.2, 0.25) is 6.54 Å². The number of amides is 1. The average molecular weight is 611 g/mol. The Bertz CT molecular complexity index is 1760. The summed E-state index contributed by atoms with van der Waals surface area (Å²) in [6, 6.07) is 12.6. The summed E-state index contributed by atoms with van der Waals surface area (Å²) in [5, 5.41) is 0.838. The summed E-state index contributed by atoms with van der Waals surface area (Å²) in [4.78, 5) is 31.5. The lowest BCUT2D eigenvalue weighted by molar-refractivity contribution is -0.131. The number of fused-ring (bicyclic) bond motifs is 5. The van der Waals surface area contributed by atoms with Crippen LogP contribution in [0.5, 0.6) is 6.01 Å². The van der Waals surface area contributed by atoms with Crippen LogP contribution in [0.3, 0.4) is 0 Å². The fourth-order valence-corrected chi connectivity index (χ4v) is 8.54. The monoisotopic (exact) mass is 610 g/mol. The second-order valence-electron chi connectivity index (χ2n) is 13.5. The number of halogens is 2. The fraction of sp³-hybridized carbons (Fsp3) is 0.486. The number of benzene rings is 2. The molecule has 8 rings (SSSR count). The Kier molecular flexibility index (Phi) is 6.79. The van der Waals surface area contributed by atoms with Gasteiger partial charge in [0.15, 0.2) is 5.83 Å². The van der Waals surface area contributed by atoms with E-state index in [0.717, 1.165) is 48.2 Å². The number of hydrogen-bond acceptors (Lipinski definition) is 6. The van der Waals surface area contributed by atoms with Gasteiger partial charge < -0.3 is 19.4 Å². The second-order valence-corrected chi connectivity index (χ2v) is 13.5. The van der Waals surface area contributed by atoms with Crippen LogP contribution in [0.2, 0.25) is 0 Å². The standard InChI is InChI=1S/C35H36F2N6O2/c1-21(36)33(44)43-12-11-41(19-26(43)17-38-2)32-28-8-7-22(27-6-3-5-23-13-24-14-29(24)31(23)27)15-30(28)39-34(40-32)45-20-35-9-4-10-42(35)18-25(37)16-35/h3,5-8,15,24-26,29H,1,4,9-14,16-20H2/t24-,25+,26-,29+,35?/m0/s1. The molecule has 4 fully saturated rings. The van der Waals surface area contributed by atoms with Crippen molar-refractivity contribution in [1.82, 2.24) is 19.8 Å². The van der Waals surface area contributed by atoms with Crippen LogP contribution in [0.15, 0.2) is 48.8 Å². The van der Waals surface area contributed by atoms with Gasteiger partial charge in [-0.2, -0.15) is 9.97 Å². The molecule has 3 aromatic rings. The van der Waals surface area contributed by atoms with Gasteiger partial charge in [0.05, 0.1) is 11.1 Å². The second kappa shape index (κ2) is 10.8. The molecule has 0 bridgehead atoms. The van der Waals surface area contributed by atoms with Crippen LogP contribution in [0, 0.1) is 12.5 Å². The van der Waals surface area contributed by atoms with Crippen molar-refractivity contribution in [3.8, 4) is 17.1 Å². The third kappa shape index (κ3) is 4.83. The summed E-state index contributed by atoms with van der Waals surface area (Å²) in [6.07, 6.45) is 3.90. The van der Waals surface area contributed by atoms with Gasteiger partial charge in [-0.3, -0.25) is 9.69 Å². The summed E-state index contributed by atoms with van der Waals surface area (Å²) in [5.41, 5.74) is 5.65. The lowest BCUT2D eigenvalue weighted by Gasteiger charge is -2.39. The quantitative estimate of drug-likeness (QED) is 0.266. The largest absolute Gasteiger partial charge is 0.461 e. The Labute approximate surface area is 261 Å². The highest BCUT2D eigenvalue weighted by molar-refractivity contribution is 5.94. The van der Waals surface area contributed by atoms with Gasteiger partial charge in [-0.1, -0.05) is 30.8 Å². The first-order chi connectivity index (χ1) is 21.8. The van der Waals surface area contributed by atoms with E-state index in [1.165, 1.54) is 28.0 Å². The molecule has 3 saturated heterocycles. The fourth-order valence-electron chi connectivity index (χ4n) is 8.54. The van der Waals surface area contributed by atoms with E-state index in [1.54, 1.807) is 0 Å². The van der Waals surface area contributed by atoms with Crippen LogP contribution in [-0.2, 0) is 11.2 Å². The molecule has 4 heterocycles. The van der Waals surface area contributed by atoms with Crippen LogP contribution >= 0.6 is 0 Å². The highest BCUT2D eigenvalue weighted by Gasteiger charge is 2.49. The lowest BCUT2D eigenvalue weighted by Crippen LogP contribution is -2.56. The van der Waals surface area contributed by atoms with E-state index in [0.29, 0.717) is 44.4 Å². The van der Waals surface area contributed by atoms with Crippen molar-refractivity contribution < 1.29 is 18.3 Å². The highest BCUT2D eigenvalue weighted by atomic mass is 19.1. The Morgan fingerprint density at radius 3 is 2.91 bits per heavy atom. The van der Waals surface area contributed by atoms with Gasteiger partial charge >= 0.3 is 6.01 Å². The van der Waals surface area contributed by atoms with Crippen molar-refractivity contribution in [2.75, 3.05) is 50.8 Å². The zero-order chi connectivity index (χ0) is 30.9. The molecule has 10 heteroatoms. The Balaban J connectivity index is 1.17. The number of piperazine rings is 1. The molecule has 1 unspecified atom stereocenters. The molecule has 45 heavy (non-hydrogen) atoms. The number of carbonyl (C=O) groups is 1. The maximum atomic E-state index is 14.5. The zero-order valence-corrected chi connectivity index (χ0v) is 25.2. The first-order valence-corrected chi connectivity index (χ1v) is 16.0. The summed E-state index contributed by atoms with van der Waals surface area (Å²) in [7, 11) is 0. The van der Waals surface area contributed by atoms with E-state index in [4.69, 9.17) is 21.3 Å².